The number of hydrogen-bond acceptors (Lipinski definition) is 5. The summed E-state index contributed by atoms with van der Waals surface area (Å²) in [6, 6.07) is 20.7. The van der Waals surface area contributed by atoms with Gasteiger partial charge in [-0.2, -0.15) is 0 Å². The lowest BCUT2D eigenvalue weighted by molar-refractivity contribution is -0.140. The monoisotopic (exact) mass is 571 g/mol. The molecule has 0 fully saturated rings. The number of halogens is 1. The van der Waals surface area contributed by atoms with Crippen LogP contribution >= 0.6 is 11.6 Å². The number of carbonyl (C=O) groups excluding carboxylic acids is 2. The zero-order chi connectivity index (χ0) is 28.6. The lowest BCUT2D eigenvalue weighted by Gasteiger charge is -2.33. The quantitative estimate of drug-likeness (QED) is 0.351. The number of likely N-dealkylation sites (N-methyl/N-ethyl adjacent to an activating group) is 1. The van der Waals surface area contributed by atoms with E-state index in [0.29, 0.717) is 12.3 Å². The van der Waals surface area contributed by atoms with Gasteiger partial charge in [0.1, 0.15) is 18.3 Å². The first-order chi connectivity index (χ1) is 18.5. The molecule has 0 saturated heterocycles. The van der Waals surface area contributed by atoms with Gasteiger partial charge in [-0.1, -0.05) is 71.8 Å². The van der Waals surface area contributed by atoms with Crippen LogP contribution in [0.1, 0.15) is 23.6 Å². The summed E-state index contributed by atoms with van der Waals surface area (Å²) in [7, 11) is -2.44. The van der Waals surface area contributed by atoms with Crippen LogP contribution in [0, 0.1) is 6.92 Å². The first-order valence-corrected chi connectivity index (χ1v) is 14.7. The molecule has 0 radical (unpaired) electrons. The first kappa shape index (κ1) is 30.0. The van der Waals surface area contributed by atoms with Gasteiger partial charge in [-0.05, 0) is 43.2 Å². The normalized spacial score (nSPS) is 11.9. The Bertz CT molecular complexity index is 1380. The van der Waals surface area contributed by atoms with Gasteiger partial charge in [0.15, 0.2) is 0 Å². The van der Waals surface area contributed by atoms with Gasteiger partial charge in [0, 0.05) is 19.5 Å². The summed E-state index contributed by atoms with van der Waals surface area (Å²) in [5.74, 6) is -0.472. The number of anilines is 1. The van der Waals surface area contributed by atoms with Crippen LogP contribution in [-0.2, 0) is 32.6 Å². The van der Waals surface area contributed by atoms with Crippen LogP contribution in [0.4, 0.5) is 5.69 Å². The number of rotatable bonds is 12. The molecule has 0 aromatic heterocycles. The molecule has 3 aromatic rings. The number of benzene rings is 3. The van der Waals surface area contributed by atoms with E-state index in [4.69, 9.17) is 16.3 Å². The smallest absolute Gasteiger partial charge is 0.244 e. The first-order valence-electron chi connectivity index (χ1n) is 12.5. The van der Waals surface area contributed by atoms with Gasteiger partial charge in [-0.3, -0.25) is 13.9 Å². The van der Waals surface area contributed by atoms with Gasteiger partial charge in [0.25, 0.3) is 0 Å². The van der Waals surface area contributed by atoms with Crippen molar-refractivity contribution in [3.8, 4) is 5.75 Å². The molecule has 0 aliphatic carbocycles. The molecule has 1 N–H and O–H groups in total. The standard InChI is InChI=1S/C29H34ClN3O5S/c1-5-31-29(35)26(17-22-9-7-6-8-10-22)32(19-23-13-11-21(2)12-14-23)28(34)20-33(39(4,36)37)24-15-16-27(38-3)25(30)18-24/h6-16,18,26H,5,17,19-20H2,1-4H3,(H,31,35). The van der Waals surface area contributed by atoms with Gasteiger partial charge < -0.3 is 15.0 Å². The van der Waals surface area contributed by atoms with Crippen molar-refractivity contribution in [2.75, 3.05) is 30.8 Å². The predicted octanol–water partition coefficient (Wildman–Crippen LogP) is 4.20. The maximum Gasteiger partial charge on any atom is 0.244 e. The average Bonchev–Trinajstić information content (AvgIpc) is 2.90. The van der Waals surface area contributed by atoms with E-state index in [2.05, 4.69) is 5.32 Å². The second kappa shape index (κ2) is 13.5. The third-order valence-electron chi connectivity index (χ3n) is 6.20. The summed E-state index contributed by atoms with van der Waals surface area (Å²) in [5.41, 5.74) is 2.96. The van der Waals surface area contributed by atoms with Gasteiger partial charge in [-0.15, -0.1) is 0 Å². The SMILES string of the molecule is CCNC(=O)C(Cc1ccccc1)N(Cc1ccc(C)cc1)C(=O)CN(c1ccc(OC)c(Cl)c1)S(C)(=O)=O. The van der Waals surface area contributed by atoms with Crippen LogP contribution in [0.2, 0.25) is 5.02 Å². The van der Waals surface area contributed by atoms with Crippen LogP contribution in [0.5, 0.6) is 5.75 Å². The summed E-state index contributed by atoms with van der Waals surface area (Å²) in [4.78, 5) is 28.8. The minimum absolute atomic E-state index is 0.120. The van der Waals surface area contributed by atoms with E-state index in [0.717, 1.165) is 27.3 Å². The highest BCUT2D eigenvalue weighted by atomic mass is 35.5. The van der Waals surface area contributed by atoms with Gasteiger partial charge in [0.05, 0.1) is 24.1 Å². The number of carbonyl (C=O) groups is 2. The topological polar surface area (TPSA) is 96.0 Å². The maximum atomic E-state index is 14.0. The van der Waals surface area contributed by atoms with Crippen LogP contribution in [0.3, 0.4) is 0 Å². The second-order valence-electron chi connectivity index (χ2n) is 9.20. The summed E-state index contributed by atoms with van der Waals surface area (Å²) in [5, 5.41) is 3.04. The van der Waals surface area contributed by atoms with E-state index in [9.17, 15) is 18.0 Å². The third-order valence-corrected chi connectivity index (χ3v) is 7.63. The number of sulfonamides is 1. The third kappa shape index (κ3) is 8.21. The lowest BCUT2D eigenvalue weighted by atomic mass is 10.0. The van der Waals surface area contributed by atoms with Crippen molar-refractivity contribution in [3.05, 3.63) is 94.5 Å². The van der Waals surface area contributed by atoms with Crippen molar-refractivity contribution in [2.45, 2.75) is 32.9 Å². The largest absolute Gasteiger partial charge is 0.495 e. The molecule has 2 amide bonds. The molecule has 0 spiro atoms. The van der Waals surface area contributed by atoms with E-state index in [-0.39, 0.29) is 29.6 Å². The Balaban J connectivity index is 2.04. The molecule has 3 aromatic carbocycles. The summed E-state index contributed by atoms with van der Waals surface area (Å²) < 4.78 is 31.9. The summed E-state index contributed by atoms with van der Waals surface area (Å²) >= 11 is 6.27. The summed E-state index contributed by atoms with van der Waals surface area (Å²) in [6.07, 6.45) is 1.28. The predicted molar refractivity (Wildman–Crippen MR) is 155 cm³/mol. The fourth-order valence-corrected chi connectivity index (χ4v) is 5.25. The van der Waals surface area contributed by atoms with Crippen LogP contribution in [0.15, 0.2) is 72.8 Å². The highest BCUT2D eigenvalue weighted by Crippen LogP contribution is 2.30. The van der Waals surface area contributed by atoms with Gasteiger partial charge in [-0.25, -0.2) is 8.42 Å². The van der Waals surface area contributed by atoms with Crippen molar-refractivity contribution in [1.29, 1.82) is 0 Å². The minimum Gasteiger partial charge on any atom is -0.495 e. The Morgan fingerprint density at radius 2 is 1.67 bits per heavy atom. The van der Waals surface area contributed by atoms with Crippen LogP contribution in [0.25, 0.3) is 0 Å². The number of ether oxygens (including phenoxy) is 1. The van der Waals surface area contributed by atoms with Crippen molar-refractivity contribution in [2.24, 2.45) is 0 Å². The molecule has 0 aliphatic rings. The maximum absolute atomic E-state index is 14.0. The molecule has 1 atom stereocenters. The van der Waals surface area contributed by atoms with Crippen LogP contribution < -0.4 is 14.4 Å². The number of aryl methyl sites for hydroxylation is 1. The molecule has 3 rings (SSSR count). The average molecular weight is 572 g/mol. The number of methoxy groups -OCH3 is 1. The summed E-state index contributed by atoms with van der Waals surface area (Å²) in [6.45, 7) is 3.76. The van der Waals surface area contributed by atoms with Crippen LogP contribution in [-0.4, -0.2) is 57.6 Å². The zero-order valence-corrected chi connectivity index (χ0v) is 24.1. The molecule has 8 nitrogen and oxygen atoms in total. The Morgan fingerprint density at radius 3 is 2.23 bits per heavy atom. The van der Waals surface area contributed by atoms with E-state index in [1.165, 1.54) is 30.2 Å². The van der Waals surface area contributed by atoms with E-state index < -0.39 is 28.5 Å². The Kier molecular flexibility index (Phi) is 10.4. The number of amides is 2. The fourth-order valence-electron chi connectivity index (χ4n) is 4.16. The number of nitrogens with one attached hydrogen (secondary N) is 1. The number of hydrogen-bond donors (Lipinski definition) is 1. The van der Waals surface area contributed by atoms with Crippen molar-refractivity contribution < 1.29 is 22.7 Å². The van der Waals surface area contributed by atoms with Crippen molar-refractivity contribution in [3.63, 3.8) is 0 Å². The Labute approximate surface area is 235 Å². The molecule has 0 heterocycles. The highest BCUT2D eigenvalue weighted by Gasteiger charge is 2.33. The van der Waals surface area contributed by atoms with Gasteiger partial charge in [0.2, 0.25) is 21.8 Å². The van der Waals surface area contributed by atoms with E-state index >= 15 is 0 Å². The van der Waals surface area contributed by atoms with Crippen molar-refractivity contribution >= 4 is 39.1 Å². The lowest BCUT2D eigenvalue weighted by Crippen LogP contribution is -2.53. The molecular formula is C29H34ClN3O5S. The van der Waals surface area contributed by atoms with Gasteiger partial charge >= 0.3 is 0 Å². The van der Waals surface area contributed by atoms with E-state index in [1.54, 1.807) is 0 Å². The molecule has 39 heavy (non-hydrogen) atoms. The molecule has 208 valence electrons. The molecule has 0 saturated carbocycles. The van der Waals surface area contributed by atoms with E-state index in [1.807, 2.05) is 68.4 Å². The molecule has 10 heteroatoms. The zero-order valence-electron chi connectivity index (χ0n) is 22.6. The molecule has 0 aliphatic heterocycles. The molecule has 0 bridgehead atoms. The Morgan fingerprint density at radius 1 is 1.00 bits per heavy atom. The highest BCUT2D eigenvalue weighted by molar-refractivity contribution is 7.92. The molecular weight excluding hydrogens is 538 g/mol. The minimum atomic E-state index is -3.89. The number of nitrogens with zero attached hydrogens (tertiary/aromatic N) is 2. The molecule has 1 unspecified atom stereocenters. The van der Waals surface area contributed by atoms with Crippen molar-refractivity contribution in [1.82, 2.24) is 10.2 Å². The fraction of sp³-hybridized carbons (Fsp3) is 0.310. The Hall–Kier alpha value is -3.56. The second-order valence-corrected chi connectivity index (χ2v) is 11.5.